The molecule has 2 aromatic heterocycles. The minimum Gasteiger partial charge on any atom is -0.384 e. The van der Waals surface area contributed by atoms with Crippen molar-refractivity contribution in [2.45, 2.75) is 13.3 Å². The molecular formula is C13H13N3O. The number of carbonyl (C=O) groups is 1. The Balaban J connectivity index is 2.20. The van der Waals surface area contributed by atoms with Gasteiger partial charge in [0.05, 0.1) is 0 Å². The Morgan fingerprint density at radius 3 is 2.88 bits per heavy atom. The van der Waals surface area contributed by atoms with Gasteiger partial charge in [-0.15, -0.1) is 0 Å². The number of nitrogen functional groups attached to an aromatic ring is 1. The summed E-state index contributed by atoms with van der Waals surface area (Å²) < 4.78 is 0. The van der Waals surface area contributed by atoms with E-state index in [9.17, 15) is 4.79 Å². The minimum atomic E-state index is 0.0653. The zero-order chi connectivity index (χ0) is 12.3. The Bertz CT molecular complexity index is 552. The molecule has 0 atom stereocenters. The number of hydrogen-bond acceptors (Lipinski definition) is 4. The van der Waals surface area contributed by atoms with Gasteiger partial charge in [-0.2, -0.15) is 0 Å². The molecule has 86 valence electrons. The molecule has 0 unspecified atom stereocenters. The van der Waals surface area contributed by atoms with Crippen LogP contribution in [-0.2, 0) is 6.42 Å². The lowest BCUT2D eigenvalue weighted by Crippen LogP contribution is -2.06. The van der Waals surface area contributed by atoms with Crippen molar-refractivity contribution in [1.82, 2.24) is 9.97 Å². The predicted molar refractivity (Wildman–Crippen MR) is 65.7 cm³/mol. The molecule has 0 aliphatic rings. The Morgan fingerprint density at radius 1 is 1.35 bits per heavy atom. The van der Waals surface area contributed by atoms with Crippen molar-refractivity contribution in [3.05, 3.63) is 53.5 Å². The largest absolute Gasteiger partial charge is 0.384 e. The number of hydrogen-bond donors (Lipinski definition) is 1. The summed E-state index contributed by atoms with van der Waals surface area (Å²) in [4.78, 5) is 19.9. The summed E-state index contributed by atoms with van der Waals surface area (Å²) in [5.74, 6) is 0.497. The van der Waals surface area contributed by atoms with E-state index in [1.165, 1.54) is 0 Å². The maximum Gasteiger partial charge on any atom is 0.167 e. The number of anilines is 1. The average molecular weight is 227 g/mol. The van der Waals surface area contributed by atoms with E-state index in [1.54, 1.807) is 36.8 Å². The fraction of sp³-hybridized carbons (Fsp3) is 0.154. The highest BCUT2D eigenvalue weighted by Gasteiger charge is 2.09. The summed E-state index contributed by atoms with van der Waals surface area (Å²) in [6, 6.07) is 5.25. The summed E-state index contributed by atoms with van der Waals surface area (Å²) in [6.45, 7) is 1.88. The molecular weight excluding hydrogens is 214 g/mol. The van der Waals surface area contributed by atoms with Gasteiger partial charge in [0.25, 0.3) is 0 Å². The minimum absolute atomic E-state index is 0.0653. The number of nitrogens with two attached hydrogens (primary N) is 1. The van der Waals surface area contributed by atoms with E-state index >= 15 is 0 Å². The first-order chi connectivity index (χ1) is 8.16. The summed E-state index contributed by atoms with van der Waals surface area (Å²) in [5, 5.41) is 0. The molecule has 0 aliphatic heterocycles. The number of carbonyl (C=O) groups excluding carboxylic acids is 1. The predicted octanol–water partition coefficient (Wildman–Crippen LogP) is 1.79. The van der Waals surface area contributed by atoms with Crippen LogP contribution in [0.2, 0.25) is 0 Å². The molecule has 0 fully saturated rings. The van der Waals surface area contributed by atoms with Crippen LogP contribution in [0.3, 0.4) is 0 Å². The molecule has 0 radical (unpaired) electrons. The number of ketones is 1. The van der Waals surface area contributed by atoms with Gasteiger partial charge in [0, 0.05) is 30.6 Å². The zero-order valence-corrected chi connectivity index (χ0v) is 9.55. The van der Waals surface area contributed by atoms with Crippen molar-refractivity contribution < 1.29 is 4.79 Å². The summed E-state index contributed by atoms with van der Waals surface area (Å²) in [6.07, 6.45) is 5.25. The highest BCUT2D eigenvalue weighted by atomic mass is 16.1. The van der Waals surface area contributed by atoms with E-state index in [2.05, 4.69) is 9.97 Å². The number of rotatable bonds is 3. The van der Waals surface area contributed by atoms with Gasteiger partial charge >= 0.3 is 0 Å². The van der Waals surface area contributed by atoms with Gasteiger partial charge in [0.2, 0.25) is 0 Å². The number of aryl methyl sites for hydroxylation is 1. The smallest absolute Gasteiger partial charge is 0.167 e. The zero-order valence-electron chi connectivity index (χ0n) is 9.55. The monoisotopic (exact) mass is 227 g/mol. The molecule has 2 heterocycles. The summed E-state index contributed by atoms with van der Waals surface area (Å²) in [7, 11) is 0. The first-order valence-electron chi connectivity index (χ1n) is 5.31. The average Bonchev–Trinajstić information content (AvgIpc) is 2.29. The Hall–Kier alpha value is -2.23. The molecule has 0 saturated carbocycles. The first-order valence-corrected chi connectivity index (χ1v) is 5.31. The number of Topliss-reactive ketones (excluding diaryl/α,β-unsaturated/α-hetero) is 1. The van der Waals surface area contributed by atoms with Crippen molar-refractivity contribution in [3.63, 3.8) is 0 Å². The van der Waals surface area contributed by atoms with Gasteiger partial charge in [-0.1, -0.05) is 0 Å². The van der Waals surface area contributed by atoms with Crippen molar-refractivity contribution in [2.24, 2.45) is 0 Å². The van der Waals surface area contributed by atoms with Crippen molar-refractivity contribution in [1.29, 1.82) is 0 Å². The molecule has 2 N–H and O–H groups in total. The molecule has 0 saturated heterocycles. The lowest BCUT2D eigenvalue weighted by atomic mass is 10.0. The lowest BCUT2D eigenvalue weighted by Gasteiger charge is -2.04. The van der Waals surface area contributed by atoms with Crippen molar-refractivity contribution >= 4 is 11.6 Å². The van der Waals surface area contributed by atoms with E-state index < -0.39 is 0 Å². The topological polar surface area (TPSA) is 68.9 Å². The third-order valence-corrected chi connectivity index (χ3v) is 2.53. The van der Waals surface area contributed by atoms with E-state index in [0.29, 0.717) is 17.8 Å². The maximum atomic E-state index is 12.1. The van der Waals surface area contributed by atoms with Crippen LogP contribution in [0.5, 0.6) is 0 Å². The van der Waals surface area contributed by atoms with Gasteiger partial charge in [0.15, 0.2) is 5.78 Å². The van der Waals surface area contributed by atoms with E-state index in [0.717, 1.165) is 11.1 Å². The van der Waals surface area contributed by atoms with Crippen LogP contribution in [-0.4, -0.2) is 15.8 Å². The molecule has 0 spiro atoms. The number of aromatic nitrogens is 2. The van der Waals surface area contributed by atoms with Gasteiger partial charge in [-0.05, 0) is 36.2 Å². The molecule has 4 nitrogen and oxygen atoms in total. The molecule has 0 aromatic carbocycles. The van der Waals surface area contributed by atoms with E-state index in [4.69, 9.17) is 5.73 Å². The number of pyridine rings is 2. The third-order valence-electron chi connectivity index (χ3n) is 2.53. The van der Waals surface area contributed by atoms with Crippen LogP contribution in [0.25, 0.3) is 0 Å². The molecule has 0 bridgehead atoms. The molecule has 0 amide bonds. The van der Waals surface area contributed by atoms with Crippen LogP contribution in [0.15, 0.2) is 36.8 Å². The van der Waals surface area contributed by atoms with Crippen LogP contribution in [0.1, 0.15) is 21.5 Å². The standard InChI is InChI=1S/C13H13N3O/c1-9-8-15-4-3-11(9)12(17)6-10-2-5-16-13(14)7-10/h2-5,7-8H,6H2,1H3,(H2,14,16). The quantitative estimate of drug-likeness (QED) is 0.812. The second kappa shape index (κ2) is 4.74. The van der Waals surface area contributed by atoms with Crippen molar-refractivity contribution in [2.75, 3.05) is 5.73 Å². The van der Waals surface area contributed by atoms with Gasteiger partial charge in [0.1, 0.15) is 5.82 Å². The lowest BCUT2D eigenvalue weighted by molar-refractivity contribution is 0.0992. The number of nitrogens with zero attached hydrogens (tertiary/aromatic N) is 2. The van der Waals surface area contributed by atoms with Crippen LogP contribution in [0, 0.1) is 6.92 Å². The fourth-order valence-electron chi connectivity index (χ4n) is 1.67. The molecule has 17 heavy (non-hydrogen) atoms. The second-order valence-corrected chi connectivity index (χ2v) is 3.88. The van der Waals surface area contributed by atoms with Gasteiger partial charge in [-0.3, -0.25) is 9.78 Å². The van der Waals surface area contributed by atoms with Gasteiger partial charge < -0.3 is 5.73 Å². The SMILES string of the molecule is Cc1cnccc1C(=O)Cc1ccnc(N)c1. The molecule has 4 heteroatoms. The highest BCUT2D eigenvalue weighted by Crippen LogP contribution is 2.11. The van der Waals surface area contributed by atoms with Crippen LogP contribution >= 0.6 is 0 Å². The maximum absolute atomic E-state index is 12.1. The van der Waals surface area contributed by atoms with Crippen LogP contribution in [0.4, 0.5) is 5.82 Å². The van der Waals surface area contributed by atoms with Crippen LogP contribution < -0.4 is 5.73 Å². The van der Waals surface area contributed by atoms with E-state index in [1.807, 2.05) is 6.92 Å². The molecule has 0 aliphatic carbocycles. The first kappa shape index (κ1) is 11.3. The summed E-state index contributed by atoms with van der Waals surface area (Å²) in [5.41, 5.74) is 8.04. The van der Waals surface area contributed by atoms with Crippen molar-refractivity contribution in [3.8, 4) is 0 Å². The highest BCUT2D eigenvalue weighted by molar-refractivity contribution is 5.98. The Kier molecular flexibility index (Phi) is 3.14. The normalized spacial score (nSPS) is 10.2. The second-order valence-electron chi connectivity index (χ2n) is 3.88. The molecule has 2 rings (SSSR count). The Labute approximate surface area is 99.5 Å². The van der Waals surface area contributed by atoms with Gasteiger partial charge in [-0.25, -0.2) is 4.98 Å². The Morgan fingerprint density at radius 2 is 2.18 bits per heavy atom. The van der Waals surface area contributed by atoms with E-state index in [-0.39, 0.29) is 5.78 Å². The fourth-order valence-corrected chi connectivity index (χ4v) is 1.67. The third kappa shape index (κ3) is 2.66. The molecule has 2 aromatic rings. The summed E-state index contributed by atoms with van der Waals surface area (Å²) >= 11 is 0.